The van der Waals surface area contributed by atoms with E-state index in [-0.39, 0.29) is 5.91 Å². The number of rotatable bonds is 5. The number of ether oxygens (including phenoxy) is 2. The minimum atomic E-state index is -0.266. The van der Waals surface area contributed by atoms with Crippen molar-refractivity contribution in [3.05, 3.63) is 35.7 Å². The van der Waals surface area contributed by atoms with Gasteiger partial charge in [-0.05, 0) is 25.3 Å². The second-order valence-corrected chi connectivity index (χ2v) is 5.15. The minimum Gasteiger partial charge on any atom is -0.493 e. The molecule has 2 rings (SSSR count). The van der Waals surface area contributed by atoms with Crippen molar-refractivity contribution in [1.29, 1.82) is 0 Å². The Hall–Kier alpha value is -2.28. The molecule has 0 fully saturated rings. The molecule has 1 amide bonds. The van der Waals surface area contributed by atoms with Gasteiger partial charge in [0.2, 0.25) is 0 Å². The van der Waals surface area contributed by atoms with Crippen molar-refractivity contribution in [2.75, 3.05) is 25.8 Å². The first-order valence-corrected chi connectivity index (χ1v) is 7.72. The second-order valence-electron chi connectivity index (χ2n) is 4.38. The van der Waals surface area contributed by atoms with Gasteiger partial charge in [-0.15, -0.1) is 0 Å². The minimum absolute atomic E-state index is 0.266. The number of benzene rings is 1. The molecule has 0 aliphatic heterocycles. The molecular weight excluding hydrogens is 302 g/mol. The molecule has 0 atom stereocenters. The molecule has 7 heteroatoms. The maximum Gasteiger partial charge on any atom is 0.259 e. The first kappa shape index (κ1) is 16.1. The van der Waals surface area contributed by atoms with E-state index in [2.05, 4.69) is 15.3 Å². The van der Waals surface area contributed by atoms with Crippen LogP contribution < -0.4 is 14.8 Å². The fourth-order valence-corrected chi connectivity index (χ4v) is 2.27. The topological polar surface area (TPSA) is 73.3 Å². The van der Waals surface area contributed by atoms with Gasteiger partial charge in [0, 0.05) is 18.0 Å². The highest BCUT2D eigenvalue weighted by atomic mass is 32.2. The van der Waals surface area contributed by atoms with E-state index in [9.17, 15) is 4.79 Å². The summed E-state index contributed by atoms with van der Waals surface area (Å²) in [6.45, 7) is 1.78. The number of carbonyl (C=O) groups excluding carboxylic acids is 1. The summed E-state index contributed by atoms with van der Waals surface area (Å²) in [4.78, 5) is 20.7. The van der Waals surface area contributed by atoms with E-state index < -0.39 is 0 Å². The van der Waals surface area contributed by atoms with Crippen LogP contribution in [-0.2, 0) is 0 Å². The molecule has 116 valence electrons. The molecule has 0 aliphatic carbocycles. The van der Waals surface area contributed by atoms with Crippen LogP contribution in [0.1, 0.15) is 16.1 Å². The lowest BCUT2D eigenvalue weighted by Gasteiger charge is -2.11. The van der Waals surface area contributed by atoms with Crippen molar-refractivity contribution < 1.29 is 14.3 Å². The van der Waals surface area contributed by atoms with Gasteiger partial charge in [0.05, 0.1) is 25.5 Å². The van der Waals surface area contributed by atoms with Gasteiger partial charge in [-0.25, -0.2) is 9.97 Å². The Kier molecular flexibility index (Phi) is 5.21. The number of carbonyl (C=O) groups is 1. The first-order valence-electron chi connectivity index (χ1n) is 6.50. The summed E-state index contributed by atoms with van der Waals surface area (Å²) < 4.78 is 10.4. The molecule has 1 N–H and O–H groups in total. The number of methoxy groups -OCH3 is 2. The number of hydrogen-bond acceptors (Lipinski definition) is 6. The summed E-state index contributed by atoms with van der Waals surface area (Å²) in [5, 5.41) is 3.44. The van der Waals surface area contributed by atoms with Crippen LogP contribution in [0.4, 0.5) is 5.69 Å². The standard InChI is InChI=1S/C15H17N3O3S/c1-9-11(8-16-15(17-9)22-4)14(19)18-10-5-6-12(20-2)13(7-10)21-3/h5-8H,1-4H3,(H,18,19). The van der Waals surface area contributed by atoms with Crippen molar-refractivity contribution >= 4 is 23.4 Å². The van der Waals surface area contributed by atoms with E-state index in [0.717, 1.165) is 0 Å². The summed E-state index contributed by atoms with van der Waals surface area (Å²) in [5.74, 6) is 0.882. The molecule has 0 spiro atoms. The van der Waals surface area contributed by atoms with Crippen molar-refractivity contribution in [1.82, 2.24) is 9.97 Å². The second kappa shape index (κ2) is 7.13. The number of aryl methyl sites for hydroxylation is 1. The third-order valence-electron chi connectivity index (χ3n) is 3.03. The Bertz CT molecular complexity index is 692. The van der Waals surface area contributed by atoms with Crippen molar-refractivity contribution in [3.63, 3.8) is 0 Å². The van der Waals surface area contributed by atoms with Gasteiger partial charge in [-0.2, -0.15) is 0 Å². The lowest BCUT2D eigenvalue weighted by molar-refractivity contribution is 0.102. The Morgan fingerprint density at radius 3 is 2.55 bits per heavy atom. The Morgan fingerprint density at radius 1 is 1.23 bits per heavy atom. The van der Waals surface area contributed by atoms with Gasteiger partial charge in [-0.1, -0.05) is 11.8 Å². The Morgan fingerprint density at radius 2 is 1.95 bits per heavy atom. The molecule has 0 saturated carbocycles. The van der Waals surface area contributed by atoms with E-state index in [1.54, 1.807) is 39.3 Å². The molecule has 6 nitrogen and oxygen atoms in total. The molecule has 0 aliphatic rings. The summed E-state index contributed by atoms with van der Waals surface area (Å²) >= 11 is 1.43. The highest BCUT2D eigenvalue weighted by Gasteiger charge is 2.13. The van der Waals surface area contributed by atoms with E-state index in [1.165, 1.54) is 18.0 Å². The summed E-state index contributed by atoms with van der Waals surface area (Å²) in [5.41, 5.74) is 1.68. The fraction of sp³-hybridized carbons (Fsp3) is 0.267. The third kappa shape index (κ3) is 3.48. The lowest BCUT2D eigenvalue weighted by atomic mass is 10.2. The quantitative estimate of drug-likeness (QED) is 0.675. The van der Waals surface area contributed by atoms with E-state index in [0.29, 0.717) is 33.6 Å². The predicted octanol–water partition coefficient (Wildman–Crippen LogP) is 2.78. The number of nitrogens with zero attached hydrogens (tertiary/aromatic N) is 2. The Balaban J connectivity index is 2.22. The lowest BCUT2D eigenvalue weighted by Crippen LogP contribution is -2.15. The number of nitrogens with one attached hydrogen (secondary N) is 1. The number of aromatic nitrogens is 2. The highest BCUT2D eigenvalue weighted by Crippen LogP contribution is 2.30. The SMILES string of the molecule is COc1ccc(NC(=O)c2cnc(SC)nc2C)cc1OC. The maximum atomic E-state index is 12.3. The van der Waals surface area contributed by atoms with Crippen LogP contribution in [0.25, 0.3) is 0 Å². The van der Waals surface area contributed by atoms with E-state index in [4.69, 9.17) is 9.47 Å². The molecule has 2 aromatic rings. The molecule has 1 aromatic heterocycles. The number of anilines is 1. The van der Waals surface area contributed by atoms with E-state index >= 15 is 0 Å². The highest BCUT2D eigenvalue weighted by molar-refractivity contribution is 7.98. The number of thioether (sulfide) groups is 1. The largest absolute Gasteiger partial charge is 0.493 e. The molecule has 22 heavy (non-hydrogen) atoms. The molecule has 0 radical (unpaired) electrons. The van der Waals surface area contributed by atoms with Gasteiger partial charge in [0.25, 0.3) is 5.91 Å². The number of amides is 1. The predicted molar refractivity (Wildman–Crippen MR) is 86.0 cm³/mol. The Labute approximate surface area is 133 Å². The molecule has 1 aromatic carbocycles. The van der Waals surface area contributed by atoms with Gasteiger partial charge >= 0.3 is 0 Å². The summed E-state index contributed by atoms with van der Waals surface area (Å²) in [7, 11) is 3.10. The average Bonchev–Trinajstić information content (AvgIpc) is 2.54. The van der Waals surface area contributed by atoms with Gasteiger partial charge in [-0.3, -0.25) is 4.79 Å². The van der Waals surface area contributed by atoms with Crippen LogP contribution in [-0.4, -0.2) is 36.4 Å². The van der Waals surface area contributed by atoms with Crippen molar-refractivity contribution in [3.8, 4) is 11.5 Å². The van der Waals surface area contributed by atoms with Crippen molar-refractivity contribution in [2.24, 2.45) is 0 Å². The molecular formula is C15H17N3O3S. The van der Waals surface area contributed by atoms with Gasteiger partial charge in [0.15, 0.2) is 16.7 Å². The average molecular weight is 319 g/mol. The van der Waals surface area contributed by atoms with Crippen LogP contribution >= 0.6 is 11.8 Å². The third-order valence-corrected chi connectivity index (χ3v) is 3.59. The van der Waals surface area contributed by atoms with Crippen LogP contribution in [0, 0.1) is 6.92 Å². The molecule has 0 unspecified atom stereocenters. The van der Waals surface area contributed by atoms with Crippen LogP contribution in [0.2, 0.25) is 0 Å². The maximum absolute atomic E-state index is 12.3. The fourth-order valence-electron chi connectivity index (χ4n) is 1.88. The smallest absolute Gasteiger partial charge is 0.259 e. The molecule has 0 saturated heterocycles. The number of hydrogen-bond donors (Lipinski definition) is 1. The zero-order valence-electron chi connectivity index (χ0n) is 12.8. The van der Waals surface area contributed by atoms with Crippen LogP contribution in [0.15, 0.2) is 29.6 Å². The monoisotopic (exact) mass is 319 g/mol. The van der Waals surface area contributed by atoms with Crippen LogP contribution in [0.3, 0.4) is 0 Å². The molecule has 0 bridgehead atoms. The van der Waals surface area contributed by atoms with Crippen molar-refractivity contribution in [2.45, 2.75) is 12.1 Å². The first-order chi connectivity index (χ1) is 10.6. The van der Waals surface area contributed by atoms with Gasteiger partial charge < -0.3 is 14.8 Å². The zero-order valence-corrected chi connectivity index (χ0v) is 13.7. The molecule has 1 heterocycles. The summed E-state index contributed by atoms with van der Waals surface area (Å²) in [6, 6.07) is 5.17. The van der Waals surface area contributed by atoms with E-state index in [1.807, 2.05) is 6.26 Å². The van der Waals surface area contributed by atoms with Crippen LogP contribution in [0.5, 0.6) is 11.5 Å². The van der Waals surface area contributed by atoms with Gasteiger partial charge in [0.1, 0.15) is 0 Å². The normalized spacial score (nSPS) is 10.2. The summed E-state index contributed by atoms with van der Waals surface area (Å²) in [6.07, 6.45) is 3.42. The zero-order chi connectivity index (χ0) is 16.1.